The smallest absolute Gasteiger partial charge is 2.00 e. The van der Waals surface area contributed by atoms with Crippen LogP contribution in [-0.2, 0) is 33.2 Å². The first-order valence-electron chi connectivity index (χ1n) is 1.41. The van der Waals surface area contributed by atoms with Gasteiger partial charge in [-0.2, -0.15) is 7.82 Å². The molecular weight excluding hydrogens is 311 g/mol. The molecule has 0 aromatic heterocycles. The minimum absolute atomic E-state index is 0. The maximum absolute atomic E-state index is 9.11. The third-order valence-electron chi connectivity index (χ3n) is 0. The first-order valence-corrected chi connectivity index (χ1v) is 8.90. The summed E-state index contributed by atoms with van der Waals surface area (Å²) in [5, 5.41) is 0. The van der Waals surface area contributed by atoms with Crippen LogP contribution in [-0.4, -0.2) is 42.4 Å². The molecule has 0 saturated carbocycles. The summed E-state index contributed by atoms with van der Waals surface area (Å²) in [6.07, 6.45) is 0. The molecule has 0 N–H and O–H groups in total. The molecule has 6 nitrogen and oxygen atoms in total. The zero-order valence-electron chi connectivity index (χ0n) is 4.76. The van der Waals surface area contributed by atoms with Crippen LogP contribution in [0, 0.1) is 0 Å². The summed E-state index contributed by atoms with van der Waals surface area (Å²) >= 11 is 0.119. The van der Waals surface area contributed by atoms with Gasteiger partial charge < -0.3 is 19.2 Å². The van der Waals surface area contributed by atoms with Crippen LogP contribution >= 0.6 is 9.60 Å². The van der Waals surface area contributed by atoms with Crippen LogP contribution in [0.1, 0.15) is 0 Å². The average Bonchev–Trinajstić information content (AvgIpc) is 1.19. The van der Waals surface area contributed by atoms with Gasteiger partial charge in [-0.25, -0.2) is 0 Å². The van der Waals surface area contributed by atoms with E-state index in [1.54, 1.807) is 0 Å². The van der Waals surface area contributed by atoms with E-state index in [1.165, 1.54) is 0 Å². The van der Waals surface area contributed by atoms with Gasteiger partial charge in [-0.3, -0.25) is 0 Å². The topological polar surface area (TPSA) is 120 Å². The van der Waals surface area contributed by atoms with Crippen molar-refractivity contribution >= 4 is 52.0 Å². The Hall–Kier alpha value is 2.11. The average molecular weight is 311 g/mol. The number of rotatable bonds is 0. The minimum Gasteiger partial charge on any atom is 2.00 e. The summed E-state index contributed by atoms with van der Waals surface area (Å²) in [6, 6.07) is 0. The van der Waals surface area contributed by atoms with Crippen molar-refractivity contribution in [3.63, 3.8) is 0 Å². The zero-order valence-corrected chi connectivity index (χ0v) is 13.0. The van der Waals surface area contributed by atoms with Gasteiger partial charge in [0.2, 0.25) is 0 Å². The molecule has 0 unspecified atom stereocenters. The van der Waals surface area contributed by atoms with Crippen molar-refractivity contribution in [2.75, 3.05) is 0 Å². The quantitative estimate of drug-likeness (QED) is 0.358. The fourth-order valence-corrected chi connectivity index (χ4v) is 0. The van der Waals surface area contributed by atoms with E-state index < -0.39 is 9.60 Å². The Balaban J connectivity index is -0.0000000910. The molecule has 0 heterocycles. The second-order valence-electron chi connectivity index (χ2n) is 0.780. The van der Waals surface area contributed by atoms with Crippen LogP contribution in [0.2, 0.25) is 0 Å². The molecule has 0 spiro atoms. The molecule has 0 rings (SSSR count). The third-order valence-corrected chi connectivity index (χ3v) is 0. The van der Waals surface area contributed by atoms with Crippen LogP contribution in [0.3, 0.4) is 0 Å². The van der Waals surface area contributed by atoms with Crippen molar-refractivity contribution in [1.29, 1.82) is 0 Å². The van der Waals surface area contributed by atoms with E-state index in [4.69, 9.17) is 28.4 Å². The Morgan fingerprint density at radius 1 is 1.20 bits per heavy atom. The monoisotopic (exact) mass is 310 g/mol. The first-order chi connectivity index (χ1) is 3.73. The maximum atomic E-state index is 9.11. The second kappa shape index (κ2) is 9.20. The molecule has 0 amide bonds. The van der Waals surface area contributed by atoms with Crippen molar-refractivity contribution in [3.05, 3.63) is 0 Å². The van der Waals surface area contributed by atoms with Gasteiger partial charge in [0, 0.05) is 0 Å². The zero-order chi connectivity index (χ0) is 8.08. The summed E-state index contributed by atoms with van der Waals surface area (Å²) < 4.78 is 24.8. The molecule has 0 radical (unpaired) electrons. The van der Waals surface area contributed by atoms with E-state index >= 15 is 0 Å². The molecule has 0 aliphatic rings. The normalized spacial score (nSPS) is 8.50. The molecule has 0 aromatic carbocycles. The molecule has 0 fully saturated rings. The molecule has 50 valence electrons. The molecule has 0 aliphatic carbocycles. The summed E-state index contributed by atoms with van der Waals surface area (Å²) in [4.78, 5) is 25.6. The van der Waals surface area contributed by atoms with Crippen LogP contribution in [0.4, 0.5) is 0 Å². The van der Waals surface area contributed by atoms with Crippen molar-refractivity contribution < 1.29 is 47.9 Å². The summed E-state index contributed by atoms with van der Waals surface area (Å²) in [7, 11) is -5.39. The van der Waals surface area contributed by atoms with Crippen LogP contribution < -0.4 is 14.7 Å². The van der Waals surface area contributed by atoms with Gasteiger partial charge in [0.1, 0.15) is 0 Å². The standard InChI is InChI=1S/H3O4P.O2P.Sr.Zn/c1-5(2,3)4;1-3-2;;/h(H3,1,2,3,4);;;/q;;+1;+2/p-3. The Bertz CT molecular complexity index is 150. The molecular formula is O6P2SrZn. The Morgan fingerprint density at radius 2 is 1.20 bits per heavy atom. The van der Waals surface area contributed by atoms with E-state index in [9.17, 15) is 0 Å². The maximum Gasteiger partial charge on any atom is 2.00 e. The SMILES string of the molecule is O=P([O-])([O-])[O-].O=[P](=O)[Sr+].[Zn+2]. The molecule has 0 saturated heterocycles. The Morgan fingerprint density at radius 3 is 1.20 bits per heavy atom. The van der Waals surface area contributed by atoms with Gasteiger partial charge >= 0.3 is 72.8 Å². The fourth-order valence-electron chi connectivity index (χ4n) is 0. The number of phosphoric acid groups is 1. The molecule has 0 atom stereocenters. The van der Waals surface area contributed by atoms with Gasteiger partial charge in [-0.15, -0.1) is 0 Å². The van der Waals surface area contributed by atoms with E-state index in [1.807, 2.05) is 0 Å². The van der Waals surface area contributed by atoms with E-state index in [2.05, 4.69) is 0 Å². The largest absolute Gasteiger partial charge is 2.00 e. The van der Waals surface area contributed by atoms with Crippen LogP contribution in [0.25, 0.3) is 0 Å². The summed E-state index contributed by atoms with van der Waals surface area (Å²) in [6.45, 7) is 0. The number of hydrogen-bond acceptors (Lipinski definition) is 6. The molecule has 10 heavy (non-hydrogen) atoms. The van der Waals surface area contributed by atoms with Gasteiger partial charge in [0.25, 0.3) is 0 Å². The molecule has 0 aliphatic heterocycles. The second-order valence-corrected chi connectivity index (χ2v) is 6.15. The van der Waals surface area contributed by atoms with Gasteiger partial charge in [0.05, 0.1) is 0 Å². The van der Waals surface area contributed by atoms with E-state index in [-0.39, 0.29) is 61.9 Å². The number of hydrogen-bond donors (Lipinski definition) is 0. The summed E-state index contributed by atoms with van der Waals surface area (Å²) in [5.41, 5.74) is 0. The molecule has 0 aromatic rings. The van der Waals surface area contributed by atoms with Gasteiger partial charge in [-0.1, -0.05) is 0 Å². The van der Waals surface area contributed by atoms with Crippen molar-refractivity contribution in [2.45, 2.75) is 0 Å². The first kappa shape index (κ1) is 18.0. The van der Waals surface area contributed by atoms with Crippen molar-refractivity contribution in [3.8, 4) is 0 Å². The van der Waals surface area contributed by atoms with Crippen molar-refractivity contribution in [1.82, 2.24) is 0 Å². The Labute approximate surface area is 98.3 Å². The Kier molecular flexibility index (Phi) is 16.6. The predicted octanol–water partition coefficient (Wildman–Crippen LogP) is -2.58. The third kappa shape index (κ3) is 188. The van der Waals surface area contributed by atoms with E-state index in [0.717, 1.165) is 0 Å². The van der Waals surface area contributed by atoms with Crippen LogP contribution in [0.15, 0.2) is 0 Å². The van der Waals surface area contributed by atoms with E-state index in [0.29, 0.717) is 0 Å². The van der Waals surface area contributed by atoms with Crippen LogP contribution in [0.5, 0.6) is 0 Å². The predicted molar refractivity (Wildman–Crippen MR) is 21.7 cm³/mol. The summed E-state index contributed by atoms with van der Waals surface area (Å²) in [5.74, 6) is 0. The molecule has 0 bridgehead atoms. The van der Waals surface area contributed by atoms with Gasteiger partial charge in [0.15, 0.2) is 0 Å². The minimum atomic E-state index is -5.39. The van der Waals surface area contributed by atoms with Crippen molar-refractivity contribution in [2.24, 2.45) is 0 Å². The fraction of sp³-hybridized carbons (Fsp3) is 0. The molecule has 10 heteroatoms. The van der Waals surface area contributed by atoms with Gasteiger partial charge in [-0.05, 0) is 0 Å².